The zero-order chi connectivity index (χ0) is 11.9. The molecular formula is C11H11NO4. The van der Waals surface area contributed by atoms with Gasteiger partial charge in [-0.1, -0.05) is 6.07 Å². The third kappa shape index (κ3) is 1.37. The number of carbonyl (C=O) groups is 2. The van der Waals surface area contributed by atoms with Crippen LogP contribution in [-0.2, 0) is 16.8 Å². The molecule has 0 saturated carbocycles. The summed E-state index contributed by atoms with van der Waals surface area (Å²) in [5, 5.41) is 17.9. The van der Waals surface area contributed by atoms with Gasteiger partial charge >= 0.3 is 11.9 Å². The highest BCUT2D eigenvalue weighted by Crippen LogP contribution is 2.35. The molecule has 4 N–H and O–H groups in total. The standard InChI is InChI=1S/C11H11NO4/c12-11(10(15)16)4-3-6-1-2-7(9(13)14)5-8(6)11/h1-2,5H,3-4,12H2,(H,13,14)(H,15,16)/t11-/m0/s1. The van der Waals surface area contributed by atoms with Crippen LogP contribution in [0.25, 0.3) is 0 Å². The van der Waals surface area contributed by atoms with Crippen molar-refractivity contribution in [2.45, 2.75) is 18.4 Å². The van der Waals surface area contributed by atoms with Crippen LogP contribution in [0.1, 0.15) is 27.9 Å². The molecule has 0 aliphatic heterocycles. The van der Waals surface area contributed by atoms with Gasteiger partial charge in [-0.25, -0.2) is 9.59 Å². The van der Waals surface area contributed by atoms with Crippen LogP contribution >= 0.6 is 0 Å². The quantitative estimate of drug-likeness (QED) is 0.677. The Hall–Kier alpha value is -1.88. The second kappa shape index (κ2) is 3.31. The van der Waals surface area contributed by atoms with Crippen molar-refractivity contribution in [1.82, 2.24) is 0 Å². The maximum Gasteiger partial charge on any atom is 0.335 e. The molecule has 1 aromatic rings. The molecule has 0 radical (unpaired) electrons. The Balaban J connectivity index is 2.57. The number of hydrogen-bond donors (Lipinski definition) is 3. The highest BCUT2D eigenvalue weighted by Gasteiger charge is 2.42. The molecule has 1 aromatic carbocycles. The summed E-state index contributed by atoms with van der Waals surface area (Å²) in [6, 6.07) is 4.46. The summed E-state index contributed by atoms with van der Waals surface area (Å²) in [6.07, 6.45) is 0.874. The molecule has 0 saturated heterocycles. The monoisotopic (exact) mass is 221 g/mol. The fraction of sp³-hybridized carbons (Fsp3) is 0.273. The molecule has 2 rings (SSSR count). The van der Waals surface area contributed by atoms with Crippen LogP contribution in [0.15, 0.2) is 18.2 Å². The number of fused-ring (bicyclic) bond motifs is 1. The normalized spacial score (nSPS) is 22.8. The van der Waals surface area contributed by atoms with Crippen LogP contribution in [0.3, 0.4) is 0 Å². The first kappa shape index (κ1) is 10.6. The van der Waals surface area contributed by atoms with Crippen molar-refractivity contribution in [2.24, 2.45) is 5.73 Å². The number of aryl methyl sites for hydroxylation is 1. The molecule has 0 fully saturated rings. The minimum Gasteiger partial charge on any atom is -0.480 e. The Bertz CT molecular complexity index is 483. The Morgan fingerprint density at radius 3 is 2.56 bits per heavy atom. The van der Waals surface area contributed by atoms with Crippen LogP contribution in [0.4, 0.5) is 0 Å². The van der Waals surface area contributed by atoms with Crippen LogP contribution in [0.5, 0.6) is 0 Å². The van der Waals surface area contributed by atoms with Crippen molar-refractivity contribution in [3.8, 4) is 0 Å². The average molecular weight is 221 g/mol. The van der Waals surface area contributed by atoms with Gasteiger partial charge in [0.25, 0.3) is 0 Å². The highest BCUT2D eigenvalue weighted by atomic mass is 16.4. The number of benzene rings is 1. The van der Waals surface area contributed by atoms with Crippen molar-refractivity contribution in [1.29, 1.82) is 0 Å². The first-order valence-electron chi connectivity index (χ1n) is 4.84. The molecule has 0 amide bonds. The fourth-order valence-corrected chi connectivity index (χ4v) is 2.03. The Kier molecular flexibility index (Phi) is 2.20. The van der Waals surface area contributed by atoms with E-state index in [0.717, 1.165) is 5.56 Å². The number of aliphatic carboxylic acids is 1. The molecule has 1 aliphatic carbocycles. The number of nitrogens with two attached hydrogens (primary N) is 1. The lowest BCUT2D eigenvalue weighted by molar-refractivity contribution is -0.143. The summed E-state index contributed by atoms with van der Waals surface area (Å²) in [4.78, 5) is 21.9. The Labute approximate surface area is 91.5 Å². The van der Waals surface area contributed by atoms with Gasteiger partial charge in [-0.05, 0) is 36.1 Å². The lowest BCUT2D eigenvalue weighted by atomic mass is 9.92. The Morgan fingerprint density at radius 2 is 2.00 bits per heavy atom. The van der Waals surface area contributed by atoms with Gasteiger partial charge in [0.05, 0.1) is 5.56 Å². The molecule has 1 aliphatic rings. The van der Waals surface area contributed by atoms with Crippen molar-refractivity contribution in [2.75, 3.05) is 0 Å². The van der Waals surface area contributed by atoms with E-state index in [4.69, 9.17) is 15.9 Å². The smallest absolute Gasteiger partial charge is 0.335 e. The number of carboxylic acid groups (broad SMARTS) is 2. The minimum absolute atomic E-state index is 0.0664. The first-order valence-corrected chi connectivity index (χ1v) is 4.84. The summed E-state index contributed by atoms with van der Waals surface area (Å²) >= 11 is 0. The SMILES string of the molecule is N[C@@]1(C(=O)O)CCc2ccc(C(=O)O)cc21. The van der Waals surface area contributed by atoms with E-state index < -0.39 is 17.5 Å². The topological polar surface area (TPSA) is 101 Å². The predicted molar refractivity (Wildman–Crippen MR) is 55.2 cm³/mol. The first-order chi connectivity index (χ1) is 7.45. The van der Waals surface area contributed by atoms with Gasteiger partial charge in [-0.15, -0.1) is 0 Å². The molecule has 0 unspecified atom stereocenters. The maximum atomic E-state index is 11.1. The molecule has 0 aromatic heterocycles. The van der Waals surface area contributed by atoms with Gasteiger partial charge in [-0.3, -0.25) is 0 Å². The summed E-state index contributed by atoms with van der Waals surface area (Å²) in [5.74, 6) is -2.20. The van der Waals surface area contributed by atoms with Crippen molar-refractivity contribution < 1.29 is 19.8 Å². The molecule has 5 heteroatoms. The van der Waals surface area contributed by atoms with E-state index in [9.17, 15) is 9.59 Å². The highest BCUT2D eigenvalue weighted by molar-refractivity contribution is 5.89. The van der Waals surface area contributed by atoms with Crippen molar-refractivity contribution >= 4 is 11.9 Å². The molecule has 16 heavy (non-hydrogen) atoms. The van der Waals surface area contributed by atoms with E-state index in [1.807, 2.05) is 0 Å². The van der Waals surface area contributed by atoms with Crippen molar-refractivity contribution in [3.05, 3.63) is 34.9 Å². The van der Waals surface area contributed by atoms with Gasteiger partial charge in [0.2, 0.25) is 0 Å². The van der Waals surface area contributed by atoms with Gasteiger partial charge in [0, 0.05) is 0 Å². The van der Waals surface area contributed by atoms with Crippen molar-refractivity contribution in [3.63, 3.8) is 0 Å². The summed E-state index contributed by atoms with van der Waals surface area (Å²) in [7, 11) is 0. The molecule has 1 atom stereocenters. The van der Waals surface area contributed by atoms with E-state index in [1.54, 1.807) is 6.07 Å². The lowest BCUT2D eigenvalue weighted by Gasteiger charge is -2.19. The van der Waals surface area contributed by atoms with Crippen LogP contribution in [-0.4, -0.2) is 22.2 Å². The predicted octanol–water partition coefficient (Wildman–Crippen LogP) is 0.570. The molecule has 5 nitrogen and oxygen atoms in total. The molecule has 0 bridgehead atoms. The van der Waals surface area contributed by atoms with E-state index in [2.05, 4.69) is 0 Å². The van der Waals surface area contributed by atoms with Gasteiger partial charge in [0.15, 0.2) is 0 Å². The van der Waals surface area contributed by atoms with Crippen LogP contribution in [0, 0.1) is 0 Å². The van der Waals surface area contributed by atoms with Gasteiger partial charge in [-0.2, -0.15) is 0 Å². The van der Waals surface area contributed by atoms with E-state index in [1.165, 1.54) is 12.1 Å². The van der Waals surface area contributed by atoms with Crippen LogP contribution < -0.4 is 5.73 Å². The van der Waals surface area contributed by atoms with Gasteiger partial charge in [0.1, 0.15) is 5.54 Å². The Morgan fingerprint density at radius 1 is 1.31 bits per heavy atom. The summed E-state index contributed by atoms with van der Waals surface area (Å²) < 4.78 is 0. The van der Waals surface area contributed by atoms with E-state index in [-0.39, 0.29) is 5.56 Å². The number of rotatable bonds is 2. The average Bonchev–Trinajstić information content (AvgIpc) is 2.57. The van der Waals surface area contributed by atoms with Crippen LogP contribution in [0.2, 0.25) is 0 Å². The minimum atomic E-state index is -1.44. The lowest BCUT2D eigenvalue weighted by Crippen LogP contribution is -2.42. The summed E-state index contributed by atoms with van der Waals surface area (Å²) in [5.41, 5.74) is 5.64. The molecule has 84 valence electrons. The number of aromatic carboxylic acids is 1. The maximum absolute atomic E-state index is 11.1. The zero-order valence-electron chi connectivity index (χ0n) is 8.43. The summed E-state index contributed by atoms with van der Waals surface area (Å²) in [6.45, 7) is 0. The number of carboxylic acids is 2. The fourth-order valence-electron chi connectivity index (χ4n) is 2.03. The largest absolute Gasteiger partial charge is 0.480 e. The van der Waals surface area contributed by atoms with E-state index >= 15 is 0 Å². The molecular weight excluding hydrogens is 210 g/mol. The van der Waals surface area contributed by atoms with Gasteiger partial charge < -0.3 is 15.9 Å². The zero-order valence-corrected chi connectivity index (χ0v) is 8.43. The molecule has 0 heterocycles. The molecule has 0 spiro atoms. The number of hydrogen-bond acceptors (Lipinski definition) is 3. The van der Waals surface area contributed by atoms with E-state index in [0.29, 0.717) is 18.4 Å². The second-order valence-electron chi connectivity index (χ2n) is 3.95. The third-order valence-electron chi connectivity index (χ3n) is 3.01. The third-order valence-corrected chi connectivity index (χ3v) is 3.01. The second-order valence-corrected chi connectivity index (χ2v) is 3.95.